The maximum atomic E-state index is 13.8. The van der Waals surface area contributed by atoms with Crippen LogP contribution in [0.15, 0.2) is 54.6 Å². The Balaban J connectivity index is 1.59. The number of nitrogens with one attached hydrogen (secondary N) is 2. The second-order valence-electron chi connectivity index (χ2n) is 10.2. The van der Waals surface area contributed by atoms with Crippen LogP contribution in [0.2, 0.25) is 0 Å². The lowest BCUT2D eigenvalue weighted by Crippen LogP contribution is -2.58. The van der Waals surface area contributed by atoms with Gasteiger partial charge in [0.25, 0.3) is 5.91 Å². The van der Waals surface area contributed by atoms with Gasteiger partial charge in [-0.3, -0.25) is 15.1 Å². The highest BCUT2D eigenvalue weighted by Crippen LogP contribution is 2.35. The minimum atomic E-state index is -0.635. The normalized spacial score (nSPS) is 23.5. The molecule has 34 heavy (non-hydrogen) atoms. The van der Waals surface area contributed by atoms with Crippen molar-refractivity contribution < 1.29 is 14.3 Å². The van der Waals surface area contributed by atoms with Gasteiger partial charge in [-0.2, -0.15) is 0 Å². The minimum absolute atomic E-state index is 0.0189. The molecule has 2 aliphatic rings. The number of benzene rings is 2. The number of hydrogen-bond donors (Lipinski definition) is 2. The van der Waals surface area contributed by atoms with Crippen LogP contribution in [0, 0.1) is 6.92 Å². The van der Waals surface area contributed by atoms with Crippen molar-refractivity contribution in [2.24, 2.45) is 0 Å². The molecular weight excluding hydrogens is 428 g/mol. The molecule has 2 fully saturated rings. The zero-order chi connectivity index (χ0) is 24.3. The van der Waals surface area contributed by atoms with Crippen molar-refractivity contribution in [2.75, 3.05) is 26.2 Å². The quantitative estimate of drug-likeness (QED) is 0.721. The molecule has 0 radical (unpaired) electrons. The largest absolute Gasteiger partial charge is 0.444 e. The Morgan fingerprint density at radius 1 is 1.03 bits per heavy atom. The molecule has 2 aromatic rings. The number of piperazine rings is 1. The Morgan fingerprint density at radius 2 is 1.74 bits per heavy atom. The predicted octanol–water partition coefficient (Wildman–Crippen LogP) is 3.77. The molecule has 2 aliphatic heterocycles. The van der Waals surface area contributed by atoms with Gasteiger partial charge in [0.2, 0.25) is 0 Å². The molecule has 2 amide bonds. The highest BCUT2D eigenvalue weighted by molar-refractivity contribution is 5.87. The Kier molecular flexibility index (Phi) is 7.24. The van der Waals surface area contributed by atoms with Crippen molar-refractivity contribution in [2.45, 2.75) is 57.7 Å². The summed E-state index contributed by atoms with van der Waals surface area (Å²) < 4.78 is 5.67. The van der Waals surface area contributed by atoms with Crippen molar-refractivity contribution in [3.05, 3.63) is 71.3 Å². The number of aryl methyl sites for hydroxylation is 1. The topological polar surface area (TPSA) is 73.9 Å². The lowest BCUT2D eigenvalue weighted by Gasteiger charge is -2.39. The number of nitrogens with zero attached hydrogens (tertiary/aromatic N) is 2. The molecule has 0 bridgehead atoms. The molecule has 2 N–H and O–H groups in total. The van der Waals surface area contributed by atoms with E-state index in [1.165, 1.54) is 11.1 Å². The fourth-order valence-electron chi connectivity index (χ4n) is 4.98. The van der Waals surface area contributed by atoms with Crippen molar-refractivity contribution in [3.8, 4) is 0 Å². The molecule has 2 aromatic carbocycles. The molecule has 2 saturated heterocycles. The van der Waals surface area contributed by atoms with Crippen LogP contribution in [-0.2, 0) is 9.53 Å². The molecule has 2 unspecified atom stereocenters. The van der Waals surface area contributed by atoms with Crippen LogP contribution in [0.4, 0.5) is 4.79 Å². The molecule has 0 aromatic heterocycles. The van der Waals surface area contributed by atoms with E-state index >= 15 is 0 Å². The van der Waals surface area contributed by atoms with Gasteiger partial charge < -0.3 is 10.1 Å². The minimum Gasteiger partial charge on any atom is -0.444 e. The van der Waals surface area contributed by atoms with Gasteiger partial charge in [-0.25, -0.2) is 9.80 Å². The van der Waals surface area contributed by atoms with Gasteiger partial charge in [0.15, 0.2) is 0 Å². The summed E-state index contributed by atoms with van der Waals surface area (Å²) >= 11 is 0. The molecule has 4 rings (SSSR count). The summed E-state index contributed by atoms with van der Waals surface area (Å²) in [7, 11) is 0. The zero-order valence-corrected chi connectivity index (χ0v) is 20.6. The van der Waals surface area contributed by atoms with Gasteiger partial charge in [0.1, 0.15) is 11.6 Å². The smallest absolute Gasteiger partial charge is 0.410 e. The lowest BCUT2D eigenvalue weighted by molar-refractivity contribution is -0.132. The molecule has 182 valence electrons. The van der Waals surface area contributed by atoms with E-state index in [4.69, 9.17) is 4.74 Å². The summed E-state index contributed by atoms with van der Waals surface area (Å²) in [5.41, 5.74) is 6.00. The number of rotatable bonds is 4. The first-order valence-electron chi connectivity index (χ1n) is 12.1. The third-order valence-electron chi connectivity index (χ3n) is 6.57. The Labute approximate surface area is 202 Å². The standard InChI is InChI=1S/C27H36N4O3/c1-19-10-8-9-13-21(19)23-18-28-15-17-31(23)29-25(32)24-22(20-11-6-5-7-12-20)14-16-30(24)26(33)34-27(2,3)4/h5-13,22-24,28H,14-18H2,1-4H3,(H,29,32)/t22?,23?,24-/m0/s1. The van der Waals surface area contributed by atoms with Gasteiger partial charge in [0, 0.05) is 32.1 Å². The fourth-order valence-corrected chi connectivity index (χ4v) is 4.98. The van der Waals surface area contributed by atoms with E-state index in [2.05, 4.69) is 29.8 Å². The first kappa shape index (κ1) is 24.2. The Bertz CT molecular complexity index is 1000. The summed E-state index contributed by atoms with van der Waals surface area (Å²) in [5.74, 6) is -0.258. The maximum Gasteiger partial charge on any atom is 0.410 e. The van der Waals surface area contributed by atoms with Crippen molar-refractivity contribution >= 4 is 12.0 Å². The van der Waals surface area contributed by atoms with Crippen LogP contribution < -0.4 is 10.7 Å². The van der Waals surface area contributed by atoms with E-state index in [0.29, 0.717) is 19.5 Å². The Morgan fingerprint density at radius 3 is 2.44 bits per heavy atom. The van der Waals surface area contributed by atoms with Crippen molar-refractivity contribution in [1.29, 1.82) is 0 Å². The molecule has 3 atom stereocenters. The first-order valence-corrected chi connectivity index (χ1v) is 12.1. The zero-order valence-electron chi connectivity index (χ0n) is 20.6. The predicted molar refractivity (Wildman–Crippen MR) is 132 cm³/mol. The molecule has 2 heterocycles. The van der Waals surface area contributed by atoms with Crippen molar-refractivity contribution in [1.82, 2.24) is 20.7 Å². The van der Waals surface area contributed by atoms with Gasteiger partial charge in [-0.15, -0.1) is 0 Å². The molecule has 7 heteroatoms. The molecule has 0 aliphatic carbocycles. The summed E-state index contributed by atoms with van der Waals surface area (Å²) in [6.07, 6.45) is 0.270. The summed E-state index contributed by atoms with van der Waals surface area (Å²) in [5, 5.41) is 5.47. The summed E-state index contributed by atoms with van der Waals surface area (Å²) in [4.78, 5) is 28.5. The van der Waals surface area contributed by atoms with Gasteiger partial charge >= 0.3 is 6.09 Å². The third-order valence-corrected chi connectivity index (χ3v) is 6.57. The monoisotopic (exact) mass is 464 g/mol. The number of ether oxygens (including phenoxy) is 1. The SMILES string of the molecule is Cc1ccccc1C1CNCCN1NC(=O)[C@@H]1C(c2ccccc2)CCN1C(=O)OC(C)(C)C. The van der Waals surface area contributed by atoms with Crippen molar-refractivity contribution in [3.63, 3.8) is 0 Å². The van der Waals surface area contributed by atoms with E-state index in [0.717, 1.165) is 18.7 Å². The van der Waals surface area contributed by atoms with Crippen LogP contribution in [0.25, 0.3) is 0 Å². The van der Waals surface area contributed by atoms with E-state index < -0.39 is 17.7 Å². The first-order chi connectivity index (χ1) is 16.2. The summed E-state index contributed by atoms with van der Waals surface area (Å²) in [6, 6.07) is 17.6. The van der Waals surface area contributed by atoms with E-state index in [9.17, 15) is 9.59 Å². The number of hydrogen-bond acceptors (Lipinski definition) is 5. The van der Waals surface area contributed by atoms with Gasteiger partial charge in [-0.05, 0) is 50.8 Å². The second kappa shape index (κ2) is 10.2. The van der Waals surface area contributed by atoms with Crippen LogP contribution >= 0.6 is 0 Å². The number of carbonyl (C=O) groups is 2. The Hall–Kier alpha value is -2.90. The third kappa shape index (κ3) is 5.42. The van der Waals surface area contributed by atoms with Crippen LogP contribution in [-0.4, -0.2) is 59.7 Å². The van der Waals surface area contributed by atoms with Crippen LogP contribution in [0.5, 0.6) is 0 Å². The average molecular weight is 465 g/mol. The van der Waals surface area contributed by atoms with E-state index in [1.807, 2.05) is 68.2 Å². The molecule has 0 spiro atoms. The highest BCUT2D eigenvalue weighted by Gasteiger charge is 2.45. The molecule has 7 nitrogen and oxygen atoms in total. The number of hydrazine groups is 1. The fraction of sp³-hybridized carbons (Fsp3) is 0.481. The van der Waals surface area contributed by atoms with Gasteiger partial charge in [-0.1, -0.05) is 54.6 Å². The van der Waals surface area contributed by atoms with E-state index in [-0.39, 0.29) is 17.9 Å². The van der Waals surface area contributed by atoms with Crippen LogP contribution in [0.1, 0.15) is 55.8 Å². The lowest BCUT2D eigenvalue weighted by atomic mass is 9.91. The number of carbonyl (C=O) groups excluding carboxylic acids is 2. The molecular formula is C27H36N4O3. The van der Waals surface area contributed by atoms with Gasteiger partial charge in [0.05, 0.1) is 6.04 Å². The molecule has 0 saturated carbocycles. The number of amides is 2. The second-order valence-corrected chi connectivity index (χ2v) is 10.2. The highest BCUT2D eigenvalue weighted by atomic mass is 16.6. The summed E-state index contributed by atoms with van der Waals surface area (Å²) in [6.45, 7) is 10.3. The van der Waals surface area contributed by atoms with Crippen LogP contribution in [0.3, 0.4) is 0 Å². The number of likely N-dealkylation sites (tertiary alicyclic amines) is 1. The average Bonchev–Trinajstić information content (AvgIpc) is 3.25. The maximum absolute atomic E-state index is 13.8. The van der Waals surface area contributed by atoms with E-state index in [1.54, 1.807) is 4.90 Å².